The van der Waals surface area contributed by atoms with Crippen LogP contribution in [0.3, 0.4) is 0 Å². The quantitative estimate of drug-likeness (QED) is 0.403. The average Bonchev–Trinajstić information content (AvgIpc) is 3.31. The molecular formula is C21H20N4O2S. The lowest BCUT2D eigenvalue weighted by molar-refractivity contribution is -0.139. The van der Waals surface area contributed by atoms with Crippen molar-refractivity contribution in [2.24, 2.45) is 0 Å². The lowest BCUT2D eigenvalue weighted by Crippen LogP contribution is -2.15. The summed E-state index contributed by atoms with van der Waals surface area (Å²) in [6.07, 6.45) is 1.94. The first kappa shape index (κ1) is 18.3. The maximum absolute atomic E-state index is 11.9. The Labute approximate surface area is 166 Å². The van der Waals surface area contributed by atoms with E-state index in [1.165, 1.54) is 18.9 Å². The number of ether oxygens (including phenoxy) is 1. The number of nitrogens with one attached hydrogen (secondary N) is 1. The van der Waals surface area contributed by atoms with Gasteiger partial charge in [-0.2, -0.15) is 0 Å². The highest BCUT2D eigenvalue weighted by Crippen LogP contribution is 2.33. The molecule has 0 aliphatic rings. The summed E-state index contributed by atoms with van der Waals surface area (Å²) in [5, 5.41) is 10.2. The Bertz CT molecular complexity index is 1150. The third kappa shape index (κ3) is 3.29. The van der Waals surface area contributed by atoms with Crippen molar-refractivity contribution in [1.82, 2.24) is 19.7 Å². The molecule has 0 aliphatic carbocycles. The van der Waals surface area contributed by atoms with Crippen LogP contribution in [0.15, 0.2) is 59.9 Å². The van der Waals surface area contributed by atoms with Crippen LogP contribution in [0, 0.1) is 6.92 Å². The number of methoxy groups -OCH3 is 1. The number of esters is 1. The van der Waals surface area contributed by atoms with Gasteiger partial charge in [0.1, 0.15) is 5.25 Å². The number of aryl methyl sites for hydroxylation is 1. The van der Waals surface area contributed by atoms with Crippen molar-refractivity contribution >= 4 is 28.6 Å². The molecule has 0 radical (unpaired) electrons. The Balaban J connectivity index is 1.88. The van der Waals surface area contributed by atoms with Crippen LogP contribution < -0.4 is 0 Å². The third-order valence-electron chi connectivity index (χ3n) is 4.54. The first-order valence-corrected chi connectivity index (χ1v) is 9.80. The number of hydrogen-bond acceptors (Lipinski definition) is 5. The molecule has 6 nitrogen and oxygen atoms in total. The zero-order chi connectivity index (χ0) is 19.7. The second-order valence-corrected chi connectivity index (χ2v) is 7.82. The molecule has 0 amide bonds. The number of nitrogens with zero attached hydrogens (tertiary/aromatic N) is 3. The van der Waals surface area contributed by atoms with Crippen LogP contribution in [0.5, 0.6) is 0 Å². The van der Waals surface area contributed by atoms with E-state index in [1.54, 1.807) is 6.92 Å². The number of aromatic nitrogens is 4. The summed E-state index contributed by atoms with van der Waals surface area (Å²) >= 11 is 1.33. The Morgan fingerprint density at radius 3 is 2.79 bits per heavy atom. The normalized spacial score (nSPS) is 12.2. The minimum absolute atomic E-state index is 0.294. The minimum Gasteiger partial charge on any atom is -0.468 e. The zero-order valence-corrected chi connectivity index (χ0v) is 16.7. The van der Waals surface area contributed by atoms with E-state index in [0.29, 0.717) is 5.16 Å². The van der Waals surface area contributed by atoms with E-state index in [0.717, 1.165) is 33.5 Å². The predicted molar refractivity (Wildman–Crippen MR) is 111 cm³/mol. The zero-order valence-electron chi connectivity index (χ0n) is 15.8. The summed E-state index contributed by atoms with van der Waals surface area (Å²) in [6, 6.07) is 16.2. The van der Waals surface area contributed by atoms with Crippen molar-refractivity contribution in [3.63, 3.8) is 0 Å². The van der Waals surface area contributed by atoms with Gasteiger partial charge in [-0.3, -0.25) is 9.36 Å². The molecule has 0 fully saturated rings. The van der Waals surface area contributed by atoms with Crippen molar-refractivity contribution in [1.29, 1.82) is 0 Å². The molecule has 4 aromatic rings. The van der Waals surface area contributed by atoms with E-state index in [9.17, 15) is 4.79 Å². The number of rotatable bonds is 5. The maximum atomic E-state index is 11.9. The van der Waals surface area contributed by atoms with Crippen LogP contribution in [-0.2, 0) is 9.53 Å². The van der Waals surface area contributed by atoms with Crippen LogP contribution in [0.25, 0.3) is 28.0 Å². The number of para-hydroxylation sites is 1. The topological polar surface area (TPSA) is 72.8 Å². The average molecular weight is 392 g/mol. The van der Waals surface area contributed by atoms with Gasteiger partial charge in [0.2, 0.25) is 0 Å². The predicted octanol–water partition coefficient (Wildman–Crippen LogP) is 4.38. The highest BCUT2D eigenvalue weighted by molar-refractivity contribution is 8.00. The van der Waals surface area contributed by atoms with Gasteiger partial charge < -0.3 is 9.72 Å². The lowest BCUT2D eigenvalue weighted by Gasteiger charge is -2.13. The number of hydrogen-bond donors (Lipinski definition) is 1. The second kappa shape index (κ2) is 7.52. The molecular weight excluding hydrogens is 372 g/mol. The smallest absolute Gasteiger partial charge is 0.318 e. The Hall–Kier alpha value is -3.06. The molecule has 28 heavy (non-hydrogen) atoms. The van der Waals surface area contributed by atoms with Crippen LogP contribution in [0.1, 0.15) is 12.5 Å². The molecule has 2 aromatic heterocycles. The van der Waals surface area contributed by atoms with Crippen LogP contribution in [0.2, 0.25) is 0 Å². The van der Waals surface area contributed by atoms with Gasteiger partial charge in [0.05, 0.1) is 7.11 Å². The number of H-pyrrole nitrogens is 1. The molecule has 0 bridgehead atoms. The highest BCUT2D eigenvalue weighted by Gasteiger charge is 2.23. The third-order valence-corrected chi connectivity index (χ3v) is 5.56. The number of thioether (sulfide) groups is 1. The fraction of sp³-hybridized carbons (Fsp3) is 0.190. The van der Waals surface area contributed by atoms with Crippen LogP contribution in [-0.4, -0.2) is 38.1 Å². The van der Waals surface area contributed by atoms with Crippen LogP contribution >= 0.6 is 11.8 Å². The molecule has 0 saturated heterocycles. The van der Waals surface area contributed by atoms with E-state index in [-0.39, 0.29) is 5.97 Å². The molecule has 1 atom stereocenters. The van der Waals surface area contributed by atoms with Crippen molar-refractivity contribution in [3.05, 3.63) is 60.3 Å². The van der Waals surface area contributed by atoms with Gasteiger partial charge in [-0.1, -0.05) is 42.1 Å². The summed E-state index contributed by atoms with van der Waals surface area (Å²) in [4.78, 5) is 15.2. The largest absolute Gasteiger partial charge is 0.468 e. The molecule has 0 aliphatic heterocycles. The molecule has 1 N–H and O–H groups in total. The summed E-state index contributed by atoms with van der Waals surface area (Å²) in [5.74, 6) is 0.431. The fourth-order valence-electron chi connectivity index (χ4n) is 3.15. The van der Waals surface area contributed by atoms with Gasteiger partial charge in [-0.25, -0.2) is 0 Å². The lowest BCUT2D eigenvalue weighted by atomic mass is 10.1. The number of fused-ring (bicyclic) bond motifs is 1. The summed E-state index contributed by atoms with van der Waals surface area (Å²) in [7, 11) is 1.39. The molecule has 2 aromatic carbocycles. The minimum atomic E-state index is -0.395. The van der Waals surface area contributed by atoms with Crippen molar-refractivity contribution in [2.45, 2.75) is 24.3 Å². The molecule has 0 unspecified atom stereocenters. The Kier molecular flexibility index (Phi) is 4.92. The van der Waals surface area contributed by atoms with E-state index in [1.807, 2.05) is 54.1 Å². The van der Waals surface area contributed by atoms with Crippen LogP contribution in [0.4, 0.5) is 0 Å². The number of aromatic amines is 1. The number of carbonyl (C=O) groups excluding carboxylic acids is 1. The SMILES string of the molecule is COC(=O)[C@@H](C)Sc1nnc(-c2c[nH]c3ccccc23)n1-c1cccc(C)c1. The summed E-state index contributed by atoms with van der Waals surface area (Å²) in [5.41, 5.74) is 4.08. The molecule has 0 saturated carbocycles. The first-order chi connectivity index (χ1) is 13.6. The van der Waals surface area contributed by atoms with Gasteiger partial charge in [0.25, 0.3) is 0 Å². The maximum Gasteiger partial charge on any atom is 0.318 e. The summed E-state index contributed by atoms with van der Waals surface area (Å²) in [6.45, 7) is 3.85. The Morgan fingerprint density at radius 1 is 1.18 bits per heavy atom. The van der Waals surface area contributed by atoms with Crippen molar-refractivity contribution in [3.8, 4) is 17.1 Å². The van der Waals surface area contributed by atoms with Gasteiger partial charge in [0.15, 0.2) is 11.0 Å². The molecule has 2 heterocycles. The first-order valence-electron chi connectivity index (χ1n) is 8.92. The second-order valence-electron chi connectivity index (χ2n) is 6.51. The van der Waals surface area contributed by atoms with Gasteiger partial charge in [-0.05, 0) is 37.6 Å². The number of carbonyl (C=O) groups is 1. The van der Waals surface area contributed by atoms with E-state index >= 15 is 0 Å². The standard InChI is InChI=1S/C21H20N4O2S/c1-13-7-6-8-15(11-13)25-19(17-12-22-18-10-5-4-9-16(17)18)23-24-21(25)28-14(2)20(26)27-3/h4-12,14,22H,1-3H3/t14-/m1/s1. The van der Waals surface area contributed by atoms with Gasteiger partial charge in [0, 0.05) is 28.4 Å². The van der Waals surface area contributed by atoms with E-state index < -0.39 is 5.25 Å². The van der Waals surface area contributed by atoms with E-state index in [2.05, 4.69) is 27.3 Å². The summed E-state index contributed by atoms with van der Waals surface area (Å²) < 4.78 is 6.86. The van der Waals surface area contributed by atoms with Crippen molar-refractivity contribution < 1.29 is 9.53 Å². The van der Waals surface area contributed by atoms with Gasteiger partial charge >= 0.3 is 5.97 Å². The molecule has 142 valence electrons. The molecule has 7 heteroatoms. The van der Waals surface area contributed by atoms with E-state index in [4.69, 9.17) is 4.74 Å². The molecule has 0 spiro atoms. The number of benzene rings is 2. The molecule has 4 rings (SSSR count). The van der Waals surface area contributed by atoms with Gasteiger partial charge in [-0.15, -0.1) is 10.2 Å². The Morgan fingerprint density at radius 2 is 2.00 bits per heavy atom. The fourth-order valence-corrected chi connectivity index (χ4v) is 4.04. The monoisotopic (exact) mass is 392 g/mol. The van der Waals surface area contributed by atoms with Crippen molar-refractivity contribution in [2.75, 3.05) is 7.11 Å². The highest BCUT2D eigenvalue weighted by atomic mass is 32.2.